The number of para-hydroxylation sites is 1. The summed E-state index contributed by atoms with van der Waals surface area (Å²) in [5.74, 6) is 3.29. The minimum atomic E-state index is -0.380. The lowest BCUT2D eigenvalue weighted by molar-refractivity contribution is 0.222. The van der Waals surface area contributed by atoms with E-state index in [1.165, 1.54) is 5.56 Å². The first kappa shape index (κ1) is 22.2. The first-order chi connectivity index (χ1) is 17.6. The van der Waals surface area contributed by atoms with Crippen LogP contribution in [-0.2, 0) is 0 Å². The van der Waals surface area contributed by atoms with E-state index in [1.54, 1.807) is 20.5 Å². The number of methoxy groups -OCH3 is 2. The van der Waals surface area contributed by atoms with Gasteiger partial charge in [-0.3, -0.25) is 0 Å². The van der Waals surface area contributed by atoms with Crippen LogP contribution in [0.5, 0.6) is 17.2 Å². The standard InChI is InChI=1S/C29H28N4O3/c1-17(2)18-9-11-19(12-10-18)27-25-26(32-29-30-16-31-33(27)29)21-7-5-6-8-22(21)36-28(25)20-13-14-23(34-3)24(15-20)35-4/h5-17,27-28H,1-4H3,(H,30,31,32)/t27-,28+/m1/s1. The molecular weight excluding hydrogens is 452 g/mol. The normalized spacial score (nSPS) is 18.0. The summed E-state index contributed by atoms with van der Waals surface area (Å²) >= 11 is 0. The van der Waals surface area contributed by atoms with Crippen LogP contribution in [0.15, 0.2) is 78.6 Å². The van der Waals surface area contributed by atoms with Gasteiger partial charge in [0, 0.05) is 16.7 Å². The number of aromatic nitrogens is 3. The molecule has 7 heteroatoms. The summed E-state index contributed by atoms with van der Waals surface area (Å²) in [6, 6.07) is 22.6. The molecule has 0 radical (unpaired) electrons. The molecule has 2 aliphatic heterocycles. The summed E-state index contributed by atoms with van der Waals surface area (Å²) in [7, 11) is 3.28. The third-order valence-corrected chi connectivity index (χ3v) is 6.95. The smallest absolute Gasteiger partial charge is 0.226 e. The Balaban J connectivity index is 1.58. The molecule has 0 fully saturated rings. The van der Waals surface area contributed by atoms with Gasteiger partial charge >= 0.3 is 0 Å². The average molecular weight is 481 g/mol. The Morgan fingerprint density at radius 3 is 2.42 bits per heavy atom. The van der Waals surface area contributed by atoms with Crippen LogP contribution >= 0.6 is 0 Å². The van der Waals surface area contributed by atoms with Crippen LogP contribution in [0.4, 0.5) is 5.95 Å². The van der Waals surface area contributed by atoms with E-state index in [9.17, 15) is 0 Å². The van der Waals surface area contributed by atoms with E-state index in [0.29, 0.717) is 23.4 Å². The van der Waals surface area contributed by atoms with Crippen molar-refractivity contribution < 1.29 is 14.2 Å². The highest BCUT2D eigenvalue weighted by Gasteiger charge is 2.41. The van der Waals surface area contributed by atoms with Crippen LogP contribution < -0.4 is 19.5 Å². The minimum Gasteiger partial charge on any atom is -0.493 e. The van der Waals surface area contributed by atoms with Gasteiger partial charge in [0.2, 0.25) is 5.95 Å². The van der Waals surface area contributed by atoms with Crippen LogP contribution in [-0.4, -0.2) is 29.0 Å². The molecule has 4 aromatic rings. The van der Waals surface area contributed by atoms with Gasteiger partial charge in [0.1, 0.15) is 24.2 Å². The van der Waals surface area contributed by atoms with Crippen LogP contribution in [0.3, 0.4) is 0 Å². The lowest BCUT2D eigenvalue weighted by atomic mass is 9.84. The van der Waals surface area contributed by atoms with Crippen molar-refractivity contribution >= 4 is 11.6 Å². The fraction of sp³-hybridized carbons (Fsp3) is 0.241. The summed E-state index contributed by atoms with van der Waals surface area (Å²) in [6.45, 7) is 4.41. The molecule has 1 aromatic heterocycles. The number of nitrogens with one attached hydrogen (secondary N) is 1. The maximum atomic E-state index is 6.71. The number of hydrogen-bond acceptors (Lipinski definition) is 6. The molecule has 7 nitrogen and oxygen atoms in total. The van der Waals surface area contributed by atoms with Crippen molar-refractivity contribution in [3.63, 3.8) is 0 Å². The summed E-state index contributed by atoms with van der Waals surface area (Å²) in [4.78, 5) is 4.52. The first-order valence-corrected chi connectivity index (χ1v) is 12.1. The topological polar surface area (TPSA) is 70.4 Å². The second kappa shape index (κ2) is 8.75. The van der Waals surface area contributed by atoms with Gasteiger partial charge in [0.15, 0.2) is 11.5 Å². The largest absolute Gasteiger partial charge is 0.493 e. The molecule has 0 aliphatic carbocycles. The van der Waals surface area contributed by atoms with E-state index in [-0.39, 0.29) is 12.1 Å². The molecule has 2 atom stereocenters. The van der Waals surface area contributed by atoms with Gasteiger partial charge in [-0.25, -0.2) is 4.68 Å². The monoisotopic (exact) mass is 480 g/mol. The second-order valence-corrected chi connectivity index (χ2v) is 9.32. The summed E-state index contributed by atoms with van der Waals surface area (Å²) in [5, 5.41) is 8.17. The van der Waals surface area contributed by atoms with Crippen LogP contribution in [0, 0.1) is 0 Å². The maximum Gasteiger partial charge on any atom is 0.226 e. The molecule has 0 spiro atoms. The molecule has 3 heterocycles. The quantitative estimate of drug-likeness (QED) is 0.379. The summed E-state index contributed by atoms with van der Waals surface area (Å²) in [5.41, 5.74) is 6.44. The van der Waals surface area contributed by atoms with Crippen molar-refractivity contribution in [3.8, 4) is 17.2 Å². The van der Waals surface area contributed by atoms with Gasteiger partial charge in [0.05, 0.1) is 19.9 Å². The van der Waals surface area contributed by atoms with Gasteiger partial charge < -0.3 is 19.5 Å². The number of fused-ring (bicyclic) bond motifs is 3. The van der Waals surface area contributed by atoms with Crippen molar-refractivity contribution in [2.75, 3.05) is 19.5 Å². The van der Waals surface area contributed by atoms with Crippen LogP contribution in [0.2, 0.25) is 0 Å². The van der Waals surface area contributed by atoms with Gasteiger partial charge in [-0.2, -0.15) is 10.1 Å². The molecular formula is C29H28N4O3. The first-order valence-electron chi connectivity index (χ1n) is 12.1. The van der Waals surface area contributed by atoms with E-state index < -0.39 is 0 Å². The molecule has 0 saturated carbocycles. The van der Waals surface area contributed by atoms with E-state index >= 15 is 0 Å². The summed E-state index contributed by atoms with van der Waals surface area (Å²) < 4.78 is 19.8. The van der Waals surface area contributed by atoms with Crippen LogP contribution in [0.25, 0.3) is 5.70 Å². The molecule has 0 saturated heterocycles. The molecule has 6 rings (SSSR count). The van der Waals surface area contributed by atoms with E-state index in [2.05, 4.69) is 59.6 Å². The maximum absolute atomic E-state index is 6.71. The molecule has 182 valence electrons. The lowest BCUT2D eigenvalue weighted by Gasteiger charge is -2.39. The number of benzene rings is 3. The van der Waals surface area contributed by atoms with E-state index in [4.69, 9.17) is 14.2 Å². The number of rotatable bonds is 5. The minimum absolute atomic E-state index is 0.202. The molecule has 2 aliphatic rings. The Morgan fingerprint density at radius 1 is 0.917 bits per heavy atom. The Bertz CT molecular complexity index is 1460. The van der Waals surface area contributed by atoms with E-state index in [0.717, 1.165) is 33.7 Å². The molecule has 0 unspecified atom stereocenters. The molecule has 3 aromatic carbocycles. The van der Waals surface area contributed by atoms with Gasteiger partial charge in [-0.15, -0.1) is 0 Å². The van der Waals surface area contributed by atoms with Crippen molar-refractivity contribution in [3.05, 3.63) is 101 Å². The average Bonchev–Trinajstić information content (AvgIpc) is 3.39. The summed E-state index contributed by atoms with van der Waals surface area (Å²) in [6.07, 6.45) is 1.21. The molecule has 1 N–H and O–H groups in total. The predicted molar refractivity (Wildman–Crippen MR) is 139 cm³/mol. The van der Waals surface area contributed by atoms with Crippen molar-refractivity contribution in [1.82, 2.24) is 14.8 Å². The Labute approximate surface area is 210 Å². The number of hydrogen-bond donors (Lipinski definition) is 1. The number of ether oxygens (including phenoxy) is 3. The molecule has 0 bridgehead atoms. The SMILES string of the molecule is COc1ccc([C@@H]2Oc3ccccc3C3=C2[C@@H](c2ccc(C(C)C)cc2)n2ncnc2N3)cc1OC. The van der Waals surface area contributed by atoms with E-state index in [1.807, 2.05) is 41.1 Å². The lowest BCUT2D eigenvalue weighted by Crippen LogP contribution is -2.32. The number of nitrogens with zero attached hydrogens (tertiary/aromatic N) is 3. The highest BCUT2D eigenvalue weighted by molar-refractivity contribution is 5.85. The zero-order valence-corrected chi connectivity index (χ0v) is 20.7. The predicted octanol–water partition coefficient (Wildman–Crippen LogP) is 5.98. The van der Waals surface area contributed by atoms with Crippen molar-refractivity contribution in [2.45, 2.75) is 31.9 Å². The van der Waals surface area contributed by atoms with Crippen LogP contribution in [0.1, 0.15) is 54.2 Å². The zero-order valence-electron chi connectivity index (χ0n) is 20.7. The third kappa shape index (κ3) is 3.50. The fourth-order valence-electron chi connectivity index (χ4n) is 5.09. The molecule has 0 amide bonds. The Kier molecular flexibility index (Phi) is 5.40. The van der Waals surface area contributed by atoms with Gasteiger partial charge in [-0.05, 0) is 41.3 Å². The zero-order chi connectivity index (χ0) is 24.8. The third-order valence-electron chi connectivity index (χ3n) is 6.95. The fourth-order valence-corrected chi connectivity index (χ4v) is 5.09. The Hall–Kier alpha value is -4.26. The highest BCUT2D eigenvalue weighted by Crippen LogP contribution is 2.51. The second-order valence-electron chi connectivity index (χ2n) is 9.32. The van der Waals surface area contributed by atoms with Crippen molar-refractivity contribution in [1.29, 1.82) is 0 Å². The van der Waals surface area contributed by atoms with Crippen molar-refractivity contribution in [2.24, 2.45) is 0 Å². The highest BCUT2D eigenvalue weighted by atomic mass is 16.5. The van der Waals surface area contributed by atoms with Gasteiger partial charge in [-0.1, -0.05) is 56.3 Å². The van der Waals surface area contributed by atoms with Gasteiger partial charge in [0.25, 0.3) is 0 Å². The number of anilines is 1. The molecule has 36 heavy (non-hydrogen) atoms. The Morgan fingerprint density at radius 2 is 1.67 bits per heavy atom.